The van der Waals surface area contributed by atoms with Crippen LogP contribution in [0.4, 0.5) is 0 Å². The lowest BCUT2D eigenvalue weighted by Gasteiger charge is -2.19. The lowest BCUT2D eigenvalue weighted by molar-refractivity contribution is -0.132. The van der Waals surface area contributed by atoms with Gasteiger partial charge in [-0.1, -0.05) is 36.5 Å². The Labute approximate surface area is 126 Å². The molecule has 21 heavy (non-hydrogen) atoms. The smallest absolute Gasteiger partial charge is 0.226 e. The van der Waals surface area contributed by atoms with Gasteiger partial charge in [-0.05, 0) is 36.3 Å². The predicted molar refractivity (Wildman–Crippen MR) is 83.2 cm³/mol. The van der Waals surface area contributed by atoms with Crippen LogP contribution in [0.15, 0.2) is 24.3 Å². The van der Waals surface area contributed by atoms with Gasteiger partial charge < -0.3 is 10.6 Å². The molecule has 3 rings (SSSR count). The zero-order chi connectivity index (χ0) is 14.8. The van der Waals surface area contributed by atoms with Gasteiger partial charge in [-0.15, -0.1) is 0 Å². The molecule has 2 saturated carbocycles. The van der Waals surface area contributed by atoms with Crippen LogP contribution in [-0.2, 0) is 11.3 Å². The Morgan fingerprint density at radius 2 is 2.05 bits per heavy atom. The largest absolute Gasteiger partial charge is 0.341 e. The molecule has 2 aliphatic carbocycles. The lowest BCUT2D eigenvalue weighted by atomic mass is 10.1. The van der Waals surface area contributed by atoms with Crippen LogP contribution in [0, 0.1) is 29.6 Å². The van der Waals surface area contributed by atoms with E-state index in [0.29, 0.717) is 36.8 Å². The number of hydrogen-bond acceptors (Lipinski definition) is 2. The van der Waals surface area contributed by atoms with Gasteiger partial charge >= 0.3 is 0 Å². The number of hydrogen-bond donors (Lipinski definition) is 1. The fourth-order valence-corrected chi connectivity index (χ4v) is 3.70. The molecule has 110 valence electrons. The number of nitrogens with zero attached hydrogens (tertiary/aromatic N) is 1. The van der Waals surface area contributed by atoms with Gasteiger partial charge in [0.1, 0.15) is 0 Å². The average molecular weight is 282 g/mol. The van der Waals surface area contributed by atoms with Crippen LogP contribution in [0.1, 0.15) is 30.4 Å². The van der Waals surface area contributed by atoms with E-state index in [4.69, 9.17) is 5.73 Å². The van der Waals surface area contributed by atoms with Crippen molar-refractivity contribution in [2.75, 3.05) is 13.6 Å². The van der Waals surface area contributed by atoms with Gasteiger partial charge in [0.15, 0.2) is 0 Å². The first kappa shape index (κ1) is 14.2. The molecule has 0 spiro atoms. The van der Waals surface area contributed by atoms with Crippen LogP contribution >= 0.6 is 0 Å². The quantitative estimate of drug-likeness (QED) is 0.862. The zero-order valence-corrected chi connectivity index (χ0v) is 12.5. The van der Waals surface area contributed by atoms with Gasteiger partial charge in [-0.2, -0.15) is 0 Å². The van der Waals surface area contributed by atoms with Gasteiger partial charge in [0, 0.05) is 25.1 Å². The normalized spacial score (nSPS) is 25.7. The van der Waals surface area contributed by atoms with Crippen molar-refractivity contribution >= 4 is 5.91 Å². The summed E-state index contributed by atoms with van der Waals surface area (Å²) in [5, 5.41) is 0. The second-order valence-corrected chi connectivity index (χ2v) is 6.14. The summed E-state index contributed by atoms with van der Waals surface area (Å²) in [6.45, 7) is 0.985. The van der Waals surface area contributed by atoms with Crippen LogP contribution in [0.3, 0.4) is 0 Å². The second-order valence-electron chi connectivity index (χ2n) is 6.14. The molecule has 0 radical (unpaired) electrons. The second kappa shape index (κ2) is 5.91. The van der Waals surface area contributed by atoms with E-state index in [9.17, 15) is 4.79 Å². The van der Waals surface area contributed by atoms with Crippen molar-refractivity contribution in [3.63, 3.8) is 0 Å². The van der Waals surface area contributed by atoms with Crippen molar-refractivity contribution in [3.8, 4) is 11.8 Å². The SMILES string of the molecule is CN(Cc1ccccc1C#CCN)C(=O)C1C2CCCC21. The Balaban J connectivity index is 1.67. The molecule has 1 aromatic carbocycles. The third-order valence-electron chi connectivity index (χ3n) is 4.82. The molecule has 2 fully saturated rings. The summed E-state index contributed by atoms with van der Waals surface area (Å²) in [4.78, 5) is 14.4. The first-order valence-corrected chi connectivity index (χ1v) is 7.74. The van der Waals surface area contributed by atoms with Gasteiger partial charge in [-0.25, -0.2) is 0 Å². The van der Waals surface area contributed by atoms with Gasteiger partial charge in [0.05, 0.1) is 6.54 Å². The summed E-state index contributed by atoms with van der Waals surface area (Å²) >= 11 is 0. The molecule has 0 aliphatic heterocycles. The average Bonchev–Trinajstić information content (AvgIpc) is 2.97. The first-order valence-electron chi connectivity index (χ1n) is 7.74. The standard InChI is InChI=1S/C18H22N2O/c1-20(18(21)17-15-9-4-10-16(15)17)12-14-7-3-2-6-13(14)8-5-11-19/h2-3,6-7,15-17H,4,9-12,19H2,1H3. The summed E-state index contributed by atoms with van der Waals surface area (Å²) in [6, 6.07) is 7.99. The molecule has 2 aliphatic rings. The number of benzene rings is 1. The van der Waals surface area contributed by atoms with E-state index in [1.807, 2.05) is 36.2 Å². The molecule has 0 saturated heterocycles. The maximum Gasteiger partial charge on any atom is 0.226 e. The van der Waals surface area contributed by atoms with Crippen molar-refractivity contribution in [2.24, 2.45) is 23.5 Å². The minimum atomic E-state index is 0.297. The van der Waals surface area contributed by atoms with Crippen LogP contribution in [0.25, 0.3) is 0 Å². The predicted octanol–water partition coefficient (Wildman–Crippen LogP) is 2.00. The van der Waals surface area contributed by atoms with Crippen molar-refractivity contribution in [1.82, 2.24) is 4.90 Å². The van der Waals surface area contributed by atoms with E-state index in [1.54, 1.807) is 0 Å². The molecule has 3 heteroatoms. The summed E-state index contributed by atoms with van der Waals surface area (Å²) in [5.41, 5.74) is 7.51. The molecule has 2 atom stereocenters. The first-order chi connectivity index (χ1) is 10.2. The van der Waals surface area contributed by atoms with Crippen molar-refractivity contribution in [3.05, 3.63) is 35.4 Å². The molecule has 2 unspecified atom stereocenters. The van der Waals surface area contributed by atoms with Gasteiger partial charge in [0.2, 0.25) is 5.91 Å². The van der Waals surface area contributed by atoms with Crippen LogP contribution in [0.2, 0.25) is 0 Å². The van der Waals surface area contributed by atoms with E-state index in [-0.39, 0.29) is 0 Å². The molecular weight excluding hydrogens is 260 g/mol. The molecule has 1 aromatic rings. The Kier molecular flexibility index (Phi) is 3.98. The van der Waals surface area contributed by atoms with Gasteiger partial charge in [0.25, 0.3) is 0 Å². The maximum absolute atomic E-state index is 12.5. The summed E-state index contributed by atoms with van der Waals surface area (Å²) in [5.74, 6) is 7.93. The van der Waals surface area contributed by atoms with E-state index < -0.39 is 0 Å². The third-order valence-corrected chi connectivity index (χ3v) is 4.82. The number of nitrogens with two attached hydrogens (primary N) is 1. The molecule has 1 amide bonds. The Hall–Kier alpha value is -1.79. The van der Waals surface area contributed by atoms with E-state index in [0.717, 1.165) is 11.1 Å². The summed E-state index contributed by atoms with van der Waals surface area (Å²) in [7, 11) is 1.91. The third kappa shape index (κ3) is 2.82. The molecule has 0 aromatic heterocycles. The van der Waals surface area contributed by atoms with E-state index in [2.05, 4.69) is 11.8 Å². The summed E-state index contributed by atoms with van der Waals surface area (Å²) in [6.07, 6.45) is 3.79. The van der Waals surface area contributed by atoms with Crippen LogP contribution < -0.4 is 5.73 Å². The number of rotatable bonds is 3. The van der Waals surface area contributed by atoms with Crippen molar-refractivity contribution < 1.29 is 4.79 Å². The number of fused-ring (bicyclic) bond motifs is 1. The fourth-order valence-electron chi connectivity index (χ4n) is 3.70. The molecule has 0 bridgehead atoms. The minimum Gasteiger partial charge on any atom is -0.341 e. The number of carbonyl (C=O) groups is 1. The molecular formula is C18H22N2O. The number of carbonyl (C=O) groups excluding carboxylic acids is 1. The lowest BCUT2D eigenvalue weighted by Crippen LogP contribution is -2.29. The highest BCUT2D eigenvalue weighted by Crippen LogP contribution is 2.58. The Bertz CT molecular complexity index is 589. The fraction of sp³-hybridized carbons (Fsp3) is 0.500. The minimum absolute atomic E-state index is 0.297. The molecule has 0 heterocycles. The van der Waals surface area contributed by atoms with Crippen molar-refractivity contribution in [2.45, 2.75) is 25.8 Å². The molecule has 3 nitrogen and oxygen atoms in total. The molecule has 2 N–H and O–H groups in total. The monoisotopic (exact) mass is 282 g/mol. The highest BCUT2D eigenvalue weighted by Gasteiger charge is 2.57. The van der Waals surface area contributed by atoms with Crippen molar-refractivity contribution in [1.29, 1.82) is 0 Å². The Morgan fingerprint density at radius 1 is 1.33 bits per heavy atom. The zero-order valence-electron chi connectivity index (χ0n) is 12.5. The number of amides is 1. The van der Waals surface area contributed by atoms with E-state index >= 15 is 0 Å². The van der Waals surface area contributed by atoms with Crippen LogP contribution in [0.5, 0.6) is 0 Å². The maximum atomic E-state index is 12.5. The topological polar surface area (TPSA) is 46.3 Å². The Morgan fingerprint density at radius 3 is 2.76 bits per heavy atom. The van der Waals surface area contributed by atoms with Crippen LogP contribution in [-0.4, -0.2) is 24.4 Å². The van der Waals surface area contributed by atoms with E-state index in [1.165, 1.54) is 19.3 Å². The highest BCUT2D eigenvalue weighted by molar-refractivity contribution is 5.82. The summed E-state index contributed by atoms with van der Waals surface area (Å²) < 4.78 is 0. The highest BCUT2D eigenvalue weighted by atomic mass is 16.2. The van der Waals surface area contributed by atoms with Gasteiger partial charge in [-0.3, -0.25) is 4.79 Å².